The van der Waals surface area contributed by atoms with Crippen LogP contribution < -0.4 is 0 Å². The summed E-state index contributed by atoms with van der Waals surface area (Å²) >= 11 is 0. The molecule has 0 heterocycles. The Labute approximate surface area is 188 Å². The Hall–Kier alpha value is -1.58. The number of esters is 2. The molecule has 0 aliphatic heterocycles. The van der Waals surface area contributed by atoms with Crippen LogP contribution in [-0.2, 0) is 19.1 Å². The third-order valence-corrected chi connectivity index (χ3v) is 8.24. The zero-order chi connectivity index (χ0) is 22.6. The second kappa shape index (κ2) is 9.92. The standard InChI is InChI=1S/C27H42O4/c1-6-7-16-30-24(28)13-17-31-25(29)27(5)15-8-14-26(4)22-11-9-20(19(2)3)18-21(22)10-12-23(26)27/h18-19,23H,6-17H2,1-5H3/t23-,26-,27-/m1/s1. The summed E-state index contributed by atoms with van der Waals surface area (Å²) in [6.45, 7) is 11.7. The molecule has 174 valence electrons. The van der Waals surface area contributed by atoms with Gasteiger partial charge >= 0.3 is 11.9 Å². The number of allylic oxidation sites excluding steroid dienone is 4. The quantitative estimate of drug-likeness (QED) is 0.324. The molecule has 31 heavy (non-hydrogen) atoms. The predicted octanol–water partition coefficient (Wildman–Crippen LogP) is 6.54. The first kappa shape index (κ1) is 24.1. The topological polar surface area (TPSA) is 52.6 Å². The predicted molar refractivity (Wildman–Crippen MR) is 123 cm³/mol. The van der Waals surface area contributed by atoms with Crippen molar-refractivity contribution in [1.82, 2.24) is 0 Å². The molecule has 3 aliphatic rings. The molecule has 1 saturated carbocycles. The van der Waals surface area contributed by atoms with Gasteiger partial charge in [0.05, 0.1) is 18.4 Å². The van der Waals surface area contributed by atoms with Crippen LogP contribution >= 0.6 is 0 Å². The summed E-state index contributed by atoms with van der Waals surface area (Å²) in [6, 6.07) is 0. The summed E-state index contributed by atoms with van der Waals surface area (Å²) in [6.07, 6.45) is 12.0. The van der Waals surface area contributed by atoms with Crippen molar-refractivity contribution in [2.24, 2.45) is 22.7 Å². The Balaban J connectivity index is 1.68. The van der Waals surface area contributed by atoms with E-state index in [1.54, 1.807) is 16.7 Å². The van der Waals surface area contributed by atoms with Crippen molar-refractivity contribution >= 4 is 11.9 Å². The molecular formula is C27H42O4. The summed E-state index contributed by atoms with van der Waals surface area (Å²) in [5, 5.41) is 0. The zero-order valence-corrected chi connectivity index (χ0v) is 20.4. The number of hydrogen-bond acceptors (Lipinski definition) is 4. The van der Waals surface area contributed by atoms with Crippen LogP contribution in [0.5, 0.6) is 0 Å². The molecule has 0 aromatic rings. The van der Waals surface area contributed by atoms with Gasteiger partial charge in [0.15, 0.2) is 0 Å². The van der Waals surface area contributed by atoms with Crippen molar-refractivity contribution in [2.75, 3.05) is 13.2 Å². The highest BCUT2D eigenvalue weighted by molar-refractivity contribution is 5.78. The maximum Gasteiger partial charge on any atom is 0.312 e. The Kier molecular flexibility index (Phi) is 7.70. The van der Waals surface area contributed by atoms with Crippen LogP contribution in [0, 0.1) is 22.7 Å². The number of carbonyl (C=O) groups is 2. The van der Waals surface area contributed by atoms with Gasteiger partial charge in [-0.05, 0) is 74.7 Å². The number of rotatable bonds is 8. The van der Waals surface area contributed by atoms with E-state index in [4.69, 9.17) is 9.47 Å². The molecule has 0 unspecified atom stereocenters. The average molecular weight is 431 g/mol. The minimum Gasteiger partial charge on any atom is -0.466 e. The van der Waals surface area contributed by atoms with Crippen LogP contribution in [0.2, 0.25) is 0 Å². The highest BCUT2D eigenvalue weighted by atomic mass is 16.5. The summed E-state index contributed by atoms with van der Waals surface area (Å²) in [4.78, 5) is 25.1. The first-order valence-electron chi connectivity index (χ1n) is 12.5. The lowest BCUT2D eigenvalue weighted by Gasteiger charge is -2.55. The fourth-order valence-corrected chi connectivity index (χ4v) is 6.36. The Morgan fingerprint density at radius 1 is 1.10 bits per heavy atom. The van der Waals surface area contributed by atoms with E-state index in [-0.39, 0.29) is 30.4 Å². The maximum absolute atomic E-state index is 13.3. The summed E-state index contributed by atoms with van der Waals surface area (Å²) in [7, 11) is 0. The molecule has 0 radical (unpaired) electrons. The summed E-state index contributed by atoms with van der Waals surface area (Å²) in [5.74, 6) is 0.524. The van der Waals surface area contributed by atoms with Crippen molar-refractivity contribution < 1.29 is 19.1 Å². The molecule has 0 spiro atoms. The fourth-order valence-electron chi connectivity index (χ4n) is 6.36. The van der Waals surface area contributed by atoms with Crippen LogP contribution in [0.3, 0.4) is 0 Å². The first-order chi connectivity index (χ1) is 14.7. The Bertz CT molecular complexity index is 746. The van der Waals surface area contributed by atoms with Crippen LogP contribution in [0.4, 0.5) is 0 Å². The van der Waals surface area contributed by atoms with Gasteiger partial charge in [-0.25, -0.2) is 0 Å². The van der Waals surface area contributed by atoms with Gasteiger partial charge in [0.1, 0.15) is 6.61 Å². The number of ether oxygens (including phenoxy) is 2. The fraction of sp³-hybridized carbons (Fsp3) is 0.778. The molecule has 0 amide bonds. The van der Waals surface area contributed by atoms with E-state index in [1.165, 1.54) is 0 Å². The Morgan fingerprint density at radius 2 is 1.87 bits per heavy atom. The number of carbonyl (C=O) groups excluding carboxylic acids is 2. The van der Waals surface area contributed by atoms with Gasteiger partial charge < -0.3 is 9.47 Å². The van der Waals surface area contributed by atoms with Gasteiger partial charge in [-0.15, -0.1) is 0 Å². The summed E-state index contributed by atoms with van der Waals surface area (Å²) in [5.41, 5.74) is 4.33. The maximum atomic E-state index is 13.3. The third-order valence-electron chi connectivity index (χ3n) is 8.24. The lowest BCUT2D eigenvalue weighted by atomic mass is 9.48. The van der Waals surface area contributed by atoms with Gasteiger partial charge in [0, 0.05) is 0 Å². The van der Waals surface area contributed by atoms with Crippen molar-refractivity contribution in [2.45, 2.75) is 98.8 Å². The van der Waals surface area contributed by atoms with Gasteiger partial charge in [0.25, 0.3) is 0 Å². The van der Waals surface area contributed by atoms with E-state index in [2.05, 4.69) is 40.7 Å². The van der Waals surface area contributed by atoms with Gasteiger partial charge in [-0.2, -0.15) is 0 Å². The van der Waals surface area contributed by atoms with Gasteiger partial charge in [0.2, 0.25) is 0 Å². The van der Waals surface area contributed by atoms with Crippen molar-refractivity contribution in [1.29, 1.82) is 0 Å². The van der Waals surface area contributed by atoms with E-state index in [1.807, 2.05) is 0 Å². The number of fused-ring (bicyclic) bond motifs is 2. The Morgan fingerprint density at radius 3 is 2.58 bits per heavy atom. The van der Waals surface area contributed by atoms with Gasteiger partial charge in [-0.3, -0.25) is 9.59 Å². The van der Waals surface area contributed by atoms with Crippen LogP contribution in [-0.4, -0.2) is 25.2 Å². The monoisotopic (exact) mass is 430 g/mol. The number of unbranched alkanes of at least 4 members (excludes halogenated alkanes) is 1. The molecule has 3 rings (SSSR count). The highest BCUT2D eigenvalue weighted by Crippen LogP contribution is 2.61. The smallest absolute Gasteiger partial charge is 0.312 e. The number of hydrogen-bond donors (Lipinski definition) is 0. The van der Waals surface area contributed by atoms with E-state index in [0.29, 0.717) is 18.4 Å². The highest BCUT2D eigenvalue weighted by Gasteiger charge is 2.56. The largest absolute Gasteiger partial charge is 0.466 e. The normalized spacial score (nSPS) is 30.4. The molecule has 4 heteroatoms. The SMILES string of the molecule is CCCCOC(=O)CCOC(=O)[C@]1(C)CCC[C@]2(C)C3=C(C=C(C(C)C)CC3)CC[C@@H]12. The zero-order valence-electron chi connectivity index (χ0n) is 20.4. The molecule has 1 fully saturated rings. The second-order valence-electron chi connectivity index (χ2n) is 10.6. The van der Waals surface area contributed by atoms with Crippen molar-refractivity contribution in [3.05, 3.63) is 22.8 Å². The van der Waals surface area contributed by atoms with E-state index in [9.17, 15) is 9.59 Å². The first-order valence-corrected chi connectivity index (χ1v) is 12.5. The van der Waals surface area contributed by atoms with Crippen LogP contribution in [0.25, 0.3) is 0 Å². The minimum atomic E-state index is -0.473. The minimum absolute atomic E-state index is 0.0810. The molecular weight excluding hydrogens is 388 g/mol. The molecule has 3 atom stereocenters. The summed E-state index contributed by atoms with van der Waals surface area (Å²) < 4.78 is 10.9. The van der Waals surface area contributed by atoms with Crippen LogP contribution in [0.15, 0.2) is 22.8 Å². The molecule has 0 aromatic heterocycles. The lowest BCUT2D eigenvalue weighted by molar-refractivity contribution is -0.167. The van der Waals surface area contributed by atoms with Gasteiger partial charge in [-0.1, -0.05) is 57.8 Å². The van der Waals surface area contributed by atoms with E-state index < -0.39 is 5.41 Å². The molecule has 3 aliphatic carbocycles. The molecule has 0 saturated heterocycles. The molecule has 0 bridgehead atoms. The van der Waals surface area contributed by atoms with Crippen molar-refractivity contribution in [3.63, 3.8) is 0 Å². The van der Waals surface area contributed by atoms with E-state index in [0.717, 1.165) is 57.8 Å². The van der Waals surface area contributed by atoms with Crippen LogP contribution in [0.1, 0.15) is 98.8 Å². The average Bonchev–Trinajstić information content (AvgIpc) is 2.73. The van der Waals surface area contributed by atoms with Crippen molar-refractivity contribution in [3.8, 4) is 0 Å². The third kappa shape index (κ3) is 4.93. The lowest BCUT2D eigenvalue weighted by Crippen LogP contribution is -2.51. The second-order valence-corrected chi connectivity index (χ2v) is 10.6. The molecule has 0 N–H and O–H groups in total. The van der Waals surface area contributed by atoms with E-state index >= 15 is 0 Å². The molecule has 4 nitrogen and oxygen atoms in total. The molecule has 0 aromatic carbocycles.